The molecule has 0 spiro atoms. The van der Waals surface area contributed by atoms with E-state index in [1.54, 1.807) is 6.92 Å². The molecule has 7 heteroatoms. The molecule has 0 aliphatic heterocycles. The molecule has 0 heterocycles. The van der Waals surface area contributed by atoms with E-state index in [-0.39, 0.29) is 24.3 Å². The molecule has 1 aliphatic rings. The predicted octanol–water partition coefficient (Wildman–Crippen LogP) is 0.313. The molecule has 0 saturated heterocycles. The van der Waals surface area contributed by atoms with Gasteiger partial charge >= 0.3 is 12.0 Å². The molecule has 0 radical (unpaired) electrons. The largest absolute Gasteiger partial charge is 0.481 e. The molecule has 3 amide bonds. The van der Waals surface area contributed by atoms with E-state index in [1.807, 2.05) is 0 Å². The summed E-state index contributed by atoms with van der Waals surface area (Å²) in [4.78, 5) is 33.8. The number of hydrogen-bond acceptors (Lipinski definition) is 3. The van der Waals surface area contributed by atoms with Crippen molar-refractivity contribution in [1.29, 1.82) is 0 Å². The summed E-state index contributed by atoms with van der Waals surface area (Å²) in [5, 5.41) is 16.8. The quantitative estimate of drug-likeness (QED) is 0.563. The zero-order valence-electron chi connectivity index (χ0n) is 11.8. The van der Waals surface area contributed by atoms with Crippen molar-refractivity contribution in [2.75, 3.05) is 19.6 Å². The highest BCUT2D eigenvalue weighted by Crippen LogP contribution is 2.29. The summed E-state index contributed by atoms with van der Waals surface area (Å²) < 4.78 is 0. The predicted molar refractivity (Wildman–Crippen MR) is 73.2 cm³/mol. The lowest BCUT2D eigenvalue weighted by Crippen LogP contribution is -2.45. The Kier molecular flexibility index (Phi) is 6.83. The van der Waals surface area contributed by atoms with Crippen molar-refractivity contribution in [3.05, 3.63) is 0 Å². The van der Waals surface area contributed by atoms with Crippen LogP contribution < -0.4 is 16.0 Å². The van der Waals surface area contributed by atoms with Gasteiger partial charge in [-0.05, 0) is 25.7 Å². The minimum atomic E-state index is -0.792. The Bertz CT molecular complexity index is 360. The summed E-state index contributed by atoms with van der Waals surface area (Å²) in [7, 11) is 0. The van der Waals surface area contributed by atoms with Crippen molar-refractivity contribution in [3.8, 4) is 0 Å². The number of hydrogen-bond donors (Lipinski definition) is 4. The van der Waals surface area contributed by atoms with Gasteiger partial charge in [-0.1, -0.05) is 12.8 Å². The summed E-state index contributed by atoms with van der Waals surface area (Å²) in [5.41, 5.74) is 0. The first-order valence-electron chi connectivity index (χ1n) is 7.05. The third-order valence-corrected chi connectivity index (χ3v) is 3.53. The van der Waals surface area contributed by atoms with Gasteiger partial charge in [0, 0.05) is 13.1 Å². The Hall–Kier alpha value is -1.79. The maximum absolute atomic E-state index is 11.5. The van der Waals surface area contributed by atoms with Crippen LogP contribution in [0.5, 0.6) is 0 Å². The van der Waals surface area contributed by atoms with E-state index in [9.17, 15) is 14.4 Å². The summed E-state index contributed by atoms with van der Waals surface area (Å²) in [6.45, 7) is 2.57. The van der Waals surface area contributed by atoms with E-state index < -0.39 is 12.0 Å². The molecule has 114 valence electrons. The van der Waals surface area contributed by atoms with Crippen LogP contribution in [0.1, 0.15) is 32.6 Å². The molecule has 2 unspecified atom stereocenters. The van der Waals surface area contributed by atoms with Crippen LogP contribution in [0.15, 0.2) is 0 Å². The van der Waals surface area contributed by atoms with Crippen molar-refractivity contribution >= 4 is 17.9 Å². The molecule has 0 bridgehead atoms. The Balaban J connectivity index is 2.28. The minimum Gasteiger partial charge on any atom is -0.481 e. The lowest BCUT2D eigenvalue weighted by atomic mass is 9.79. The molecule has 1 rings (SSSR count). The Morgan fingerprint density at radius 1 is 1.10 bits per heavy atom. The first-order chi connectivity index (χ1) is 9.54. The fraction of sp³-hybridized carbons (Fsp3) is 0.769. The van der Waals surface area contributed by atoms with Crippen LogP contribution in [0.4, 0.5) is 4.79 Å². The van der Waals surface area contributed by atoms with Gasteiger partial charge in [0.25, 0.3) is 0 Å². The van der Waals surface area contributed by atoms with Crippen LogP contribution in [0.25, 0.3) is 0 Å². The lowest BCUT2D eigenvalue weighted by molar-refractivity contribution is -0.144. The fourth-order valence-corrected chi connectivity index (χ4v) is 2.48. The van der Waals surface area contributed by atoms with Gasteiger partial charge in [0.05, 0.1) is 12.5 Å². The SMILES string of the molecule is CCNC(=O)CNC(=O)NCC1CCCCC1C(=O)O. The smallest absolute Gasteiger partial charge is 0.315 e. The number of carbonyl (C=O) groups excluding carboxylic acids is 2. The minimum absolute atomic E-state index is 0.0310. The zero-order chi connectivity index (χ0) is 15.0. The topological polar surface area (TPSA) is 108 Å². The van der Waals surface area contributed by atoms with Gasteiger partial charge in [-0.2, -0.15) is 0 Å². The number of rotatable bonds is 6. The van der Waals surface area contributed by atoms with E-state index in [1.165, 1.54) is 0 Å². The van der Waals surface area contributed by atoms with Gasteiger partial charge < -0.3 is 21.1 Å². The average Bonchev–Trinajstić information content (AvgIpc) is 2.43. The van der Waals surface area contributed by atoms with Gasteiger partial charge in [-0.15, -0.1) is 0 Å². The van der Waals surface area contributed by atoms with Gasteiger partial charge in [0.2, 0.25) is 5.91 Å². The van der Waals surface area contributed by atoms with Gasteiger partial charge in [0.15, 0.2) is 0 Å². The van der Waals surface area contributed by atoms with Crippen LogP contribution >= 0.6 is 0 Å². The fourth-order valence-electron chi connectivity index (χ4n) is 2.48. The Labute approximate surface area is 118 Å². The molecule has 1 saturated carbocycles. The maximum Gasteiger partial charge on any atom is 0.315 e. The first kappa shape index (κ1) is 16.3. The molecule has 0 aromatic rings. The van der Waals surface area contributed by atoms with Crippen LogP contribution in [0.2, 0.25) is 0 Å². The zero-order valence-corrected chi connectivity index (χ0v) is 11.8. The van der Waals surface area contributed by atoms with Crippen molar-refractivity contribution in [2.24, 2.45) is 11.8 Å². The second kappa shape index (κ2) is 8.39. The summed E-state index contributed by atoms with van der Waals surface area (Å²) >= 11 is 0. The number of carboxylic acids is 1. The number of nitrogens with one attached hydrogen (secondary N) is 3. The Morgan fingerprint density at radius 3 is 2.45 bits per heavy atom. The standard InChI is InChI=1S/C13H23N3O4/c1-2-14-11(17)8-16-13(20)15-7-9-5-3-4-6-10(9)12(18)19/h9-10H,2-8H2,1H3,(H,14,17)(H,18,19)(H2,15,16,20). The van der Waals surface area contributed by atoms with Gasteiger partial charge in [-0.25, -0.2) is 4.79 Å². The molecule has 0 aromatic carbocycles. The molecule has 4 N–H and O–H groups in total. The van der Waals surface area contributed by atoms with E-state index in [0.29, 0.717) is 19.5 Å². The summed E-state index contributed by atoms with van der Waals surface area (Å²) in [6.07, 6.45) is 3.41. The van der Waals surface area contributed by atoms with Crippen molar-refractivity contribution in [3.63, 3.8) is 0 Å². The van der Waals surface area contributed by atoms with E-state index in [4.69, 9.17) is 5.11 Å². The highest BCUT2D eigenvalue weighted by atomic mass is 16.4. The van der Waals surface area contributed by atoms with Crippen LogP contribution in [-0.2, 0) is 9.59 Å². The first-order valence-corrected chi connectivity index (χ1v) is 7.05. The molecule has 2 atom stereocenters. The van der Waals surface area contributed by atoms with Crippen molar-refractivity contribution < 1.29 is 19.5 Å². The molecule has 7 nitrogen and oxygen atoms in total. The number of carboxylic acid groups (broad SMARTS) is 1. The molecule has 1 fully saturated rings. The number of amides is 3. The highest BCUT2D eigenvalue weighted by molar-refractivity contribution is 5.83. The summed E-state index contributed by atoms with van der Waals surface area (Å²) in [5.74, 6) is -1.45. The second-order valence-corrected chi connectivity index (χ2v) is 5.01. The third-order valence-electron chi connectivity index (χ3n) is 3.53. The summed E-state index contributed by atoms with van der Waals surface area (Å²) in [6, 6.07) is -0.439. The van der Waals surface area contributed by atoms with E-state index >= 15 is 0 Å². The second-order valence-electron chi connectivity index (χ2n) is 5.01. The monoisotopic (exact) mass is 285 g/mol. The Morgan fingerprint density at radius 2 is 1.80 bits per heavy atom. The van der Waals surface area contributed by atoms with Crippen LogP contribution in [0.3, 0.4) is 0 Å². The number of carbonyl (C=O) groups is 3. The maximum atomic E-state index is 11.5. The molecule has 20 heavy (non-hydrogen) atoms. The van der Waals surface area contributed by atoms with Crippen molar-refractivity contribution in [1.82, 2.24) is 16.0 Å². The van der Waals surface area contributed by atoms with E-state index in [2.05, 4.69) is 16.0 Å². The highest BCUT2D eigenvalue weighted by Gasteiger charge is 2.30. The van der Waals surface area contributed by atoms with Gasteiger partial charge in [-0.3, -0.25) is 9.59 Å². The van der Waals surface area contributed by atoms with Crippen LogP contribution in [-0.4, -0.2) is 42.6 Å². The number of likely N-dealkylation sites (N-methyl/N-ethyl adjacent to an activating group) is 1. The lowest BCUT2D eigenvalue weighted by Gasteiger charge is -2.28. The number of aliphatic carboxylic acids is 1. The van der Waals surface area contributed by atoms with Crippen LogP contribution in [0, 0.1) is 11.8 Å². The molecular formula is C13H23N3O4. The third kappa shape index (κ3) is 5.46. The number of urea groups is 1. The molecular weight excluding hydrogens is 262 g/mol. The normalized spacial score (nSPS) is 21.9. The van der Waals surface area contributed by atoms with E-state index in [0.717, 1.165) is 19.3 Å². The average molecular weight is 285 g/mol. The molecule has 0 aromatic heterocycles. The van der Waals surface area contributed by atoms with Gasteiger partial charge in [0.1, 0.15) is 0 Å². The molecule has 1 aliphatic carbocycles. The van der Waals surface area contributed by atoms with Crippen molar-refractivity contribution in [2.45, 2.75) is 32.6 Å².